The highest BCUT2D eigenvalue weighted by Crippen LogP contribution is 2.45. The number of nitrogen functional groups attached to an aromatic ring is 1. The van der Waals surface area contributed by atoms with Crippen molar-refractivity contribution in [2.45, 2.75) is 39.2 Å². The zero-order chi connectivity index (χ0) is 24.2. The van der Waals surface area contributed by atoms with Crippen LogP contribution in [0.25, 0.3) is 10.4 Å². The van der Waals surface area contributed by atoms with E-state index in [1.165, 1.54) is 16.9 Å². The van der Waals surface area contributed by atoms with Gasteiger partial charge in [0.15, 0.2) is 6.10 Å². The lowest BCUT2D eigenvalue weighted by Gasteiger charge is -2.17. The molecular formula is C26H26N2O5S. The number of nitrogens with two attached hydrogens (primary N) is 1. The smallest absolute Gasteiger partial charge is 0.341 e. The first kappa shape index (κ1) is 23.5. The van der Waals surface area contributed by atoms with Gasteiger partial charge in [0.2, 0.25) is 0 Å². The molecule has 4 rings (SSSR count). The van der Waals surface area contributed by atoms with Crippen molar-refractivity contribution < 1.29 is 23.9 Å². The third-order valence-corrected chi connectivity index (χ3v) is 6.87. The Balaban J connectivity index is 1.61. The number of nitrogens with one attached hydrogen (secondary N) is 1. The number of hydrogen-bond acceptors (Lipinski definition) is 7. The zero-order valence-electron chi connectivity index (χ0n) is 19.1. The maximum atomic E-state index is 13.1. The molecule has 1 heterocycles. The van der Waals surface area contributed by atoms with Crippen molar-refractivity contribution in [2.24, 2.45) is 0 Å². The number of ether oxygens (including phenoxy) is 2. The van der Waals surface area contributed by atoms with Gasteiger partial charge in [0.05, 0.1) is 17.7 Å². The number of esters is 2. The van der Waals surface area contributed by atoms with Crippen LogP contribution in [0.3, 0.4) is 0 Å². The van der Waals surface area contributed by atoms with Crippen LogP contribution in [0.1, 0.15) is 52.1 Å². The van der Waals surface area contributed by atoms with Crippen LogP contribution in [0, 0.1) is 0 Å². The van der Waals surface area contributed by atoms with Crippen LogP contribution in [0.15, 0.2) is 48.5 Å². The molecule has 0 fully saturated rings. The summed E-state index contributed by atoms with van der Waals surface area (Å²) in [6, 6.07) is 14.3. The Bertz CT molecular complexity index is 1230. The van der Waals surface area contributed by atoms with E-state index in [-0.39, 0.29) is 13.0 Å². The third kappa shape index (κ3) is 4.68. The highest BCUT2D eigenvalue weighted by Gasteiger charge is 2.31. The predicted molar refractivity (Wildman–Crippen MR) is 132 cm³/mol. The Morgan fingerprint density at radius 1 is 1.03 bits per heavy atom. The average molecular weight is 479 g/mol. The molecule has 1 aliphatic carbocycles. The molecule has 3 N–H and O–H groups in total. The van der Waals surface area contributed by atoms with Crippen molar-refractivity contribution in [3.63, 3.8) is 0 Å². The van der Waals surface area contributed by atoms with E-state index < -0.39 is 23.9 Å². The van der Waals surface area contributed by atoms with Gasteiger partial charge in [-0.1, -0.05) is 31.2 Å². The van der Waals surface area contributed by atoms with E-state index >= 15 is 0 Å². The maximum absolute atomic E-state index is 13.1. The molecule has 0 radical (unpaired) electrons. The second-order valence-electron chi connectivity index (χ2n) is 7.90. The Morgan fingerprint density at radius 2 is 1.76 bits per heavy atom. The van der Waals surface area contributed by atoms with E-state index in [1.54, 1.807) is 38.1 Å². The van der Waals surface area contributed by atoms with Gasteiger partial charge < -0.3 is 20.5 Å². The van der Waals surface area contributed by atoms with Crippen LogP contribution in [-0.2, 0) is 27.1 Å². The number of rotatable bonds is 7. The standard InChI is InChI=1S/C26H26N2O5S/c1-3-20(33-25(30)16-9-12-17(27)13-10-16)23(29)28-24-21(26(31)32-4-2)19-14-11-15-7-5-6-8-18(15)22(19)34-24/h5-10,12-13,20H,3-4,11,14,27H2,1-2H3,(H,28,29). The predicted octanol–water partition coefficient (Wildman–Crippen LogP) is 4.85. The number of fused-ring (bicyclic) bond motifs is 3. The summed E-state index contributed by atoms with van der Waals surface area (Å²) in [6.45, 7) is 3.72. The normalized spacial score (nSPS) is 12.8. The molecule has 8 heteroatoms. The highest BCUT2D eigenvalue weighted by molar-refractivity contribution is 7.20. The fourth-order valence-corrected chi connectivity index (χ4v) is 5.28. The summed E-state index contributed by atoms with van der Waals surface area (Å²) in [5.74, 6) is -1.59. The number of hydrogen-bond donors (Lipinski definition) is 2. The van der Waals surface area contributed by atoms with E-state index in [9.17, 15) is 14.4 Å². The fraction of sp³-hybridized carbons (Fsp3) is 0.269. The first-order chi connectivity index (χ1) is 16.4. The summed E-state index contributed by atoms with van der Waals surface area (Å²) < 4.78 is 10.8. The molecule has 1 unspecified atom stereocenters. The fourth-order valence-electron chi connectivity index (χ4n) is 3.98. The summed E-state index contributed by atoms with van der Waals surface area (Å²) >= 11 is 1.34. The van der Waals surface area contributed by atoms with Crippen molar-refractivity contribution in [1.82, 2.24) is 0 Å². The van der Waals surface area contributed by atoms with Crippen molar-refractivity contribution in [3.8, 4) is 10.4 Å². The number of anilines is 2. The summed E-state index contributed by atoms with van der Waals surface area (Å²) in [5.41, 5.74) is 10.0. The Kier molecular flexibility index (Phi) is 6.98. The molecule has 3 aromatic rings. The molecule has 176 valence electrons. The SMILES string of the molecule is CCOC(=O)c1c(NC(=O)C(CC)OC(=O)c2ccc(N)cc2)sc2c1CCc1ccccc1-2. The van der Waals surface area contributed by atoms with Crippen LogP contribution in [0.2, 0.25) is 0 Å². The van der Waals surface area contributed by atoms with Crippen molar-refractivity contribution in [2.75, 3.05) is 17.7 Å². The third-order valence-electron chi connectivity index (χ3n) is 5.69. The molecule has 7 nitrogen and oxygen atoms in total. The number of aryl methyl sites for hydroxylation is 1. The lowest BCUT2D eigenvalue weighted by molar-refractivity contribution is -0.124. The van der Waals surface area contributed by atoms with Crippen LogP contribution >= 0.6 is 11.3 Å². The van der Waals surface area contributed by atoms with Gasteiger partial charge in [0.1, 0.15) is 5.00 Å². The minimum Gasteiger partial charge on any atom is -0.462 e. The molecule has 1 atom stereocenters. The summed E-state index contributed by atoms with van der Waals surface area (Å²) in [7, 11) is 0. The van der Waals surface area contributed by atoms with E-state index in [4.69, 9.17) is 15.2 Å². The second-order valence-corrected chi connectivity index (χ2v) is 8.93. The molecule has 34 heavy (non-hydrogen) atoms. The zero-order valence-corrected chi connectivity index (χ0v) is 19.9. The van der Waals surface area contributed by atoms with E-state index in [0.29, 0.717) is 28.2 Å². The average Bonchev–Trinajstić information content (AvgIpc) is 3.21. The lowest BCUT2D eigenvalue weighted by atomic mass is 9.89. The van der Waals surface area contributed by atoms with Crippen LogP contribution in [0.5, 0.6) is 0 Å². The topological polar surface area (TPSA) is 108 Å². The van der Waals surface area contributed by atoms with Gasteiger partial charge in [-0.15, -0.1) is 11.3 Å². The molecule has 0 saturated heterocycles. The largest absolute Gasteiger partial charge is 0.462 e. The Labute approximate surface area is 201 Å². The van der Waals surface area contributed by atoms with Gasteiger partial charge in [-0.05, 0) is 67.1 Å². The molecule has 0 spiro atoms. The summed E-state index contributed by atoms with van der Waals surface area (Å²) in [6.07, 6.45) is 0.730. The van der Waals surface area contributed by atoms with Gasteiger partial charge in [-0.3, -0.25) is 4.79 Å². The molecule has 0 saturated carbocycles. The van der Waals surface area contributed by atoms with Crippen molar-refractivity contribution >= 4 is 39.9 Å². The van der Waals surface area contributed by atoms with Crippen LogP contribution in [0.4, 0.5) is 10.7 Å². The number of carbonyl (C=O) groups excluding carboxylic acids is 3. The Hall–Kier alpha value is -3.65. The van der Waals surface area contributed by atoms with E-state index in [2.05, 4.69) is 11.4 Å². The van der Waals surface area contributed by atoms with Gasteiger partial charge in [0.25, 0.3) is 5.91 Å². The summed E-state index contributed by atoms with van der Waals surface area (Å²) in [4.78, 5) is 39.4. The quantitative estimate of drug-likeness (QED) is 0.371. The summed E-state index contributed by atoms with van der Waals surface area (Å²) in [5, 5.41) is 3.25. The van der Waals surface area contributed by atoms with Crippen LogP contribution in [-0.4, -0.2) is 30.6 Å². The van der Waals surface area contributed by atoms with Gasteiger partial charge in [-0.25, -0.2) is 9.59 Å². The van der Waals surface area contributed by atoms with Crippen molar-refractivity contribution in [1.29, 1.82) is 0 Å². The number of carbonyl (C=O) groups is 3. The molecule has 0 bridgehead atoms. The number of amides is 1. The van der Waals surface area contributed by atoms with Gasteiger partial charge in [0, 0.05) is 10.6 Å². The monoisotopic (exact) mass is 478 g/mol. The van der Waals surface area contributed by atoms with Crippen LogP contribution < -0.4 is 11.1 Å². The molecule has 0 aliphatic heterocycles. The first-order valence-electron chi connectivity index (χ1n) is 11.2. The molecule has 2 aromatic carbocycles. The minimum atomic E-state index is -1.02. The number of thiophene rings is 1. The molecule has 1 aromatic heterocycles. The highest BCUT2D eigenvalue weighted by atomic mass is 32.1. The molecule has 1 aliphatic rings. The second kappa shape index (κ2) is 10.1. The van der Waals surface area contributed by atoms with Gasteiger partial charge >= 0.3 is 11.9 Å². The van der Waals surface area contributed by atoms with E-state index in [0.717, 1.165) is 22.4 Å². The maximum Gasteiger partial charge on any atom is 0.341 e. The lowest BCUT2D eigenvalue weighted by Crippen LogP contribution is -2.32. The first-order valence-corrected chi connectivity index (χ1v) is 12.0. The number of benzene rings is 2. The molecular weight excluding hydrogens is 452 g/mol. The van der Waals surface area contributed by atoms with Gasteiger partial charge in [-0.2, -0.15) is 0 Å². The molecule has 1 amide bonds. The van der Waals surface area contributed by atoms with E-state index in [1.807, 2.05) is 18.2 Å². The van der Waals surface area contributed by atoms with Crippen molar-refractivity contribution in [3.05, 3.63) is 70.8 Å². The Morgan fingerprint density at radius 3 is 2.47 bits per heavy atom. The minimum absolute atomic E-state index is 0.226.